The second-order valence-corrected chi connectivity index (χ2v) is 6.47. The van der Waals surface area contributed by atoms with Crippen LogP contribution in [-0.4, -0.2) is 41.9 Å². The van der Waals surface area contributed by atoms with Crippen molar-refractivity contribution in [2.45, 2.75) is 19.4 Å². The Morgan fingerprint density at radius 1 is 1.15 bits per heavy atom. The Bertz CT molecular complexity index is 805. The van der Waals surface area contributed by atoms with Gasteiger partial charge in [-0.05, 0) is 35.7 Å². The first-order valence-electron chi connectivity index (χ1n) is 8.89. The lowest BCUT2D eigenvalue weighted by molar-refractivity contribution is 0.0606. The molecular weight excluding hydrogens is 329 g/mol. The van der Waals surface area contributed by atoms with Crippen molar-refractivity contribution in [3.63, 3.8) is 0 Å². The molecule has 4 nitrogen and oxygen atoms in total. The predicted molar refractivity (Wildman–Crippen MR) is 98.1 cm³/mol. The monoisotopic (exact) mass is 351 g/mol. The van der Waals surface area contributed by atoms with E-state index in [4.69, 9.17) is 0 Å². The molecule has 1 saturated heterocycles. The third kappa shape index (κ3) is 3.92. The molecule has 0 radical (unpaired) electrons. The lowest BCUT2D eigenvalue weighted by Gasteiger charge is -2.37. The van der Waals surface area contributed by atoms with Crippen LogP contribution in [0.1, 0.15) is 34.5 Å². The highest BCUT2D eigenvalue weighted by Gasteiger charge is 2.27. The fourth-order valence-electron chi connectivity index (χ4n) is 3.29. The molecule has 1 fully saturated rings. The molecule has 0 bridgehead atoms. The maximum Gasteiger partial charge on any atom is 0.254 e. The average molecular weight is 351 g/mol. The predicted octanol–water partition coefficient (Wildman–Crippen LogP) is 3.41. The Balaban J connectivity index is 1.65. The van der Waals surface area contributed by atoms with Crippen molar-refractivity contribution in [3.05, 3.63) is 71.0 Å². The number of piperazine rings is 1. The zero-order valence-corrected chi connectivity index (χ0v) is 14.9. The van der Waals surface area contributed by atoms with E-state index in [9.17, 15) is 14.4 Å². The average Bonchev–Trinajstić information content (AvgIpc) is 2.69. The number of carbonyl (C=O) groups is 1. The summed E-state index contributed by atoms with van der Waals surface area (Å²) in [7, 11) is 0. The van der Waals surface area contributed by atoms with Crippen molar-refractivity contribution in [2.75, 3.05) is 26.2 Å². The molecule has 3 rings (SSSR count). The Labute approximate surface area is 153 Å². The van der Waals surface area contributed by atoms with Gasteiger partial charge in [0.15, 0.2) is 0 Å². The largest absolute Gasteiger partial charge is 0.336 e. The van der Waals surface area contributed by atoms with Crippen LogP contribution in [0.25, 0.3) is 0 Å². The van der Waals surface area contributed by atoms with E-state index in [0.29, 0.717) is 31.7 Å². The summed E-state index contributed by atoms with van der Waals surface area (Å²) in [6.07, 6.45) is 0.971. The zero-order valence-electron chi connectivity index (χ0n) is 14.9. The van der Waals surface area contributed by atoms with Gasteiger partial charge in [0.2, 0.25) is 0 Å². The quantitative estimate of drug-likeness (QED) is 0.848. The van der Waals surface area contributed by atoms with Crippen LogP contribution in [0, 0.1) is 17.1 Å². The second-order valence-electron chi connectivity index (χ2n) is 6.47. The number of hydrogen-bond acceptors (Lipinski definition) is 3. The summed E-state index contributed by atoms with van der Waals surface area (Å²) in [4.78, 5) is 16.3. The van der Waals surface area contributed by atoms with Gasteiger partial charge in [0.25, 0.3) is 5.91 Å². The molecule has 2 aromatic carbocycles. The minimum Gasteiger partial charge on any atom is -0.336 e. The molecule has 1 atom stereocenters. The molecule has 1 amide bonds. The highest BCUT2D eigenvalue weighted by atomic mass is 19.1. The second kappa shape index (κ2) is 8.11. The molecular formula is C21H22FN3O. The summed E-state index contributed by atoms with van der Waals surface area (Å²) in [6, 6.07) is 16.0. The molecule has 1 unspecified atom stereocenters. The first-order chi connectivity index (χ1) is 12.6. The smallest absolute Gasteiger partial charge is 0.254 e. The van der Waals surface area contributed by atoms with Crippen molar-refractivity contribution in [1.82, 2.24) is 9.80 Å². The molecule has 134 valence electrons. The third-order valence-electron chi connectivity index (χ3n) is 4.86. The van der Waals surface area contributed by atoms with E-state index in [1.165, 1.54) is 17.7 Å². The molecule has 1 aliphatic heterocycles. The molecule has 0 aliphatic carbocycles. The van der Waals surface area contributed by atoms with E-state index in [0.717, 1.165) is 12.0 Å². The van der Waals surface area contributed by atoms with Crippen molar-refractivity contribution < 1.29 is 9.18 Å². The van der Waals surface area contributed by atoms with Crippen molar-refractivity contribution >= 4 is 5.91 Å². The molecule has 26 heavy (non-hydrogen) atoms. The normalized spacial score (nSPS) is 16.1. The topological polar surface area (TPSA) is 47.3 Å². The van der Waals surface area contributed by atoms with Gasteiger partial charge in [0, 0.05) is 31.7 Å². The van der Waals surface area contributed by atoms with Crippen LogP contribution < -0.4 is 0 Å². The van der Waals surface area contributed by atoms with Crippen LogP contribution in [0.5, 0.6) is 0 Å². The number of rotatable bonds is 4. The summed E-state index contributed by atoms with van der Waals surface area (Å²) < 4.78 is 13.3. The van der Waals surface area contributed by atoms with Crippen molar-refractivity contribution in [3.8, 4) is 6.07 Å². The number of nitriles is 1. The fourth-order valence-corrected chi connectivity index (χ4v) is 3.29. The van der Waals surface area contributed by atoms with Gasteiger partial charge in [-0.3, -0.25) is 9.69 Å². The first kappa shape index (κ1) is 18.1. The standard InChI is InChI=1S/C21H22FN3O/c1-2-16-6-8-17(9-7-16)20(15-23)24-10-12-25(13-11-24)21(26)18-4-3-5-19(22)14-18/h3-9,14,20H,2,10-13H2,1H3. The van der Waals surface area contributed by atoms with E-state index in [2.05, 4.69) is 30.0 Å². The number of halogens is 1. The Hall–Kier alpha value is -2.71. The Morgan fingerprint density at radius 3 is 2.42 bits per heavy atom. The van der Waals surface area contributed by atoms with Gasteiger partial charge in [-0.15, -0.1) is 0 Å². The summed E-state index contributed by atoms with van der Waals surface area (Å²) in [5, 5.41) is 9.63. The van der Waals surface area contributed by atoms with E-state index >= 15 is 0 Å². The van der Waals surface area contributed by atoms with Gasteiger partial charge in [-0.25, -0.2) is 4.39 Å². The fraction of sp³-hybridized carbons (Fsp3) is 0.333. The minimum atomic E-state index is -0.408. The zero-order chi connectivity index (χ0) is 18.5. The van der Waals surface area contributed by atoms with Crippen LogP contribution in [-0.2, 0) is 6.42 Å². The van der Waals surface area contributed by atoms with Crippen LogP contribution in [0.4, 0.5) is 4.39 Å². The van der Waals surface area contributed by atoms with Crippen LogP contribution >= 0.6 is 0 Å². The van der Waals surface area contributed by atoms with Crippen LogP contribution in [0.15, 0.2) is 48.5 Å². The summed E-state index contributed by atoms with van der Waals surface area (Å²) >= 11 is 0. The molecule has 2 aromatic rings. The number of aryl methyl sites for hydroxylation is 1. The number of hydrogen-bond donors (Lipinski definition) is 0. The molecule has 0 spiro atoms. The van der Waals surface area contributed by atoms with Crippen molar-refractivity contribution in [2.24, 2.45) is 0 Å². The van der Waals surface area contributed by atoms with E-state index in [1.54, 1.807) is 17.0 Å². The maximum absolute atomic E-state index is 13.3. The molecule has 1 aliphatic rings. The van der Waals surface area contributed by atoms with Gasteiger partial charge in [0.05, 0.1) is 6.07 Å². The number of amides is 1. The van der Waals surface area contributed by atoms with E-state index in [-0.39, 0.29) is 11.9 Å². The highest BCUT2D eigenvalue weighted by Crippen LogP contribution is 2.23. The minimum absolute atomic E-state index is 0.162. The number of carbonyl (C=O) groups excluding carboxylic acids is 1. The van der Waals surface area contributed by atoms with E-state index in [1.807, 2.05) is 12.1 Å². The van der Waals surface area contributed by atoms with Gasteiger partial charge in [0.1, 0.15) is 11.9 Å². The van der Waals surface area contributed by atoms with Gasteiger partial charge in [-0.2, -0.15) is 5.26 Å². The SMILES string of the molecule is CCc1ccc(C(C#N)N2CCN(C(=O)c3cccc(F)c3)CC2)cc1. The maximum atomic E-state index is 13.3. The molecule has 0 saturated carbocycles. The molecule has 0 N–H and O–H groups in total. The highest BCUT2D eigenvalue weighted by molar-refractivity contribution is 5.94. The lowest BCUT2D eigenvalue weighted by Crippen LogP contribution is -2.49. The summed E-state index contributed by atoms with van der Waals surface area (Å²) in [6.45, 7) is 4.40. The van der Waals surface area contributed by atoms with Crippen molar-refractivity contribution in [1.29, 1.82) is 5.26 Å². The number of benzene rings is 2. The first-order valence-corrected chi connectivity index (χ1v) is 8.89. The number of nitrogens with zero attached hydrogens (tertiary/aromatic N) is 3. The van der Waals surface area contributed by atoms with Crippen LogP contribution in [0.3, 0.4) is 0 Å². The van der Waals surface area contributed by atoms with Gasteiger partial charge in [-0.1, -0.05) is 37.3 Å². The molecule has 5 heteroatoms. The van der Waals surface area contributed by atoms with E-state index < -0.39 is 5.82 Å². The van der Waals surface area contributed by atoms with Crippen LogP contribution in [0.2, 0.25) is 0 Å². The van der Waals surface area contributed by atoms with Gasteiger partial charge < -0.3 is 4.90 Å². The van der Waals surface area contributed by atoms with Gasteiger partial charge >= 0.3 is 0 Å². The Morgan fingerprint density at radius 2 is 1.85 bits per heavy atom. The summed E-state index contributed by atoms with van der Waals surface area (Å²) in [5.74, 6) is -0.570. The molecule has 0 aromatic heterocycles. The third-order valence-corrected chi connectivity index (χ3v) is 4.86. The molecule has 1 heterocycles. The summed E-state index contributed by atoms with van der Waals surface area (Å²) in [5.41, 5.74) is 2.59. The lowest BCUT2D eigenvalue weighted by atomic mass is 10.0. The Kier molecular flexibility index (Phi) is 5.65.